The number of aromatic nitrogens is 3. The van der Waals surface area contributed by atoms with Gasteiger partial charge in [0.2, 0.25) is 5.82 Å². The van der Waals surface area contributed by atoms with Crippen LogP contribution in [0.1, 0.15) is 22.3 Å². The summed E-state index contributed by atoms with van der Waals surface area (Å²) in [5.41, 5.74) is 1.37. The number of hydrogen-bond acceptors (Lipinski definition) is 5. The van der Waals surface area contributed by atoms with Crippen LogP contribution in [0.3, 0.4) is 0 Å². The van der Waals surface area contributed by atoms with Crippen LogP contribution >= 0.6 is 0 Å². The SMILES string of the molecule is COc1cccc(NC(=O)c2ncn(C[C@@H](O)c3ccccc3)n2)c1. The monoisotopic (exact) mass is 338 g/mol. The minimum atomic E-state index is -0.725. The number of ether oxygens (including phenoxy) is 1. The van der Waals surface area contributed by atoms with Gasteiger partial charge in [0.25, 0.3) is 5.91 Å². The Kier molecular flexibility index (Phi) is 5.06. The Balaban J connectivity index is 1.65. The first-order valence-corrected chi connectivity index (χ1v) is 7.73. The van der Waals surface area contributed by atoms with Gasteiger partial charge in [0, 0.05) is 11.8 Å². The number of carbonyl (C=O) groups is 1. The van der Waals surface area contributed by atoms with Crippen molar-refractivity contribution in [2.75, 3.05) is 12.4 Å². The van der Waals surface area contributed by atoms with E-state index in [0.29, 0.717) is 11.4 Å². The van der Waals surface area contributed by atoms with Crippen LogP contribution in [0.4, 0.5) is 5.69 Å². The Morgan fingerprint density at radius 3 is 2.80 bits per heavy atom. The van der Waals surface area contributed by atoms with Gasteiger partial charge in [-0.15, -0.1) is 5.10 Å². The second kappa shape index (κ2) is 7.59. The van der Waals surface area contributed by atoms with Crippen LogP contribution in [-0.2, 0) is 6.54 Å². The number of carbonyl (C=O) groups excluding carboxylic acids is 1. The van der Waals surface area contributed by atoms with Crippen LogP contribution in [-0.4, -0.2) is 32.9 Å². The van der Waals surface area contributed by atoms with Gasteiger partial charge in [0.05, 0.1) is 19.8 Å². The van der Waals surface area contributed by atoms with E-state index in [4.69, 9.17) is 4.74 Å². The highest BCUT2D eigenvalue weighted by Crippen LogP contribution is 2.17. The van der Waals surface area contributed by atoms with Gasteiger partial charge in [-0.05, 0) is 17.7 Å². The molecule has 3 aromatic rings. The van der Waals surface area contributed by atoms with Gasteiger partial charge in [-0.25, -0.2) is 9.67 Å². The van der Waals surface area contributed by atoms with Crippen LogP contribution in [0, 0.1) is 0 Å². The molecule has 0 saturated heterocycles. The van der Waals surface area contributed by atoms with Gasteiger partial charge in [0.15, 0.2) is 0 Å². The lowest BCUT2D eigenvalue weighted by atomic mass is 10.1. The number of nitrogens with one attached hydrogen (secondary N) is 1. The molecule has 2 aromatic carbocycles. The van der Waals surface area contributed by atoms with Gasteiger partial charge >= 0.3 is 0 Å². The number of nitrogens with zero attached hydrogens (tertiary/aromatic N) is 3. The summed E-state index contributed by atoms with van der Waals surface area (Å²) >= 11 is 0. The van der Waals surface area contributed by atoms with Crippen LogP contribution in [0.15, 0.2) is 60.9 Å². The first kappa shape index (κ1) is 16.7. The summed E-state index contributed by atoms with van der Waals surface area (Å²) < 4.78 is 6.56. The van der Waals surface area contributed by atoms with Crippen LogP contribution in [0.25, 0.3) is 0 Å². The topological polar surface area (TPSA) is 89.3 Å². The normalized spacial score (nSPS) is 11.8. The molecule has 3 rings (SSSR count). The summed E-state index contributed by atoms with van der Waals surface area (Å²) in [5.74, 6) is 0.242. The van der Waals surface area contributed by atoms with Gasteiger partial charge < -0.3 is 15.2 Å². The third-order valence-electron chi connectivity index (χ3n) is 3.61. The van der Waals surface area contributed by atoms with Crippen molar-refractivity contribution in [3.63, 3.8) is 0 Å². The second-order valence-corrected chi connectivity index (χ2v) is 5.40. The molecular weight excluding hydrogens is 320 g/mol. The zero-order valence-corrected chi connectivity index (χ0v) is 13.7. The highest BCUT2D eigenvalue weighted by molar-refractivity contribution is 6.01. The molecule has 0 aliphatic rings. The summed E-state index contributed by atoms with van der Waals surface area (Å²) in [7, 11) is 1.56. The summed E-state index contributed by atoms with van der Waals surface area (Å²) in [6.45, 7) is 0.212. The zero-order chi connectivity index (χ0) is 17.6. The van der Waals surface area contributed by atoms with Crippen LogP contribution in [0.5, 0.6) is 5.75 Å². The van der Waals surface area contributed by atoms with Crippen molar-refractivity contribution in [3.8, 4) is 5.75 Å². The molecule has 0 saturated carbocycles. The molecule has 0 aliphatic heterocycles. The third-order valence-corrected chi connectivity index (χ3v) is 3.61. The number of methoxy groups -OCH3 is 1. The van der Waals surface area contributed by atoms with Gasteiger partial charge in [-0.1, -0.05) is 36.4 Å². The van der Waals surface area contributed by atoms with E-state index < -0.39 is 12.0 Å². The van der Waals surface area contributed by atoms with Crippen molar-refractivity contribution in [1.29, 1.82) is 0 Å². The minimum Gasteiger partial charge on any atom is -0.497 e. The Hall–Kier alpha value is -3.19. The summed E-state index contributed by atoms with van der Waals surface area (Å²) in [6, 6.07) is 16.3. The first-order valence-electron chi connectivity index (χ1n) is 7.73. The summed E-state index contributed by atoms with van der Waals surface area (Å²) in [4.78, 5) is 16.2. The van der Waals surface area contributed by atoms with E-state index >= 15 is 0 Å². The molecule has 7 nitrogen and oxygen atoms in total. The molecule has 0 bridgehead atoms. The zero-order valence-electron chi connectivity index (χ0n) is 13.7. The van der Waals surface area contributed by atoms with E-state index in [1.54, 1.807) is 31.4 Å². The molecule has 1 aromatic heterocycles. The average Bonchev–Trinajstić information content (AvgIpc) is 3.11. The fourth-order valence-electron chi connectivity index (χ4n) is 2.33. The van der Waals surface area contributed by atoms with E-state index in [0.717, 1.165) is 5.56 Å². The molecule has 2 N–H and O–H groups in total. The van der Waals surface area contributed by atoms with Crippen molar-refractivity contribution in [1.82, 2.24) is 14.8 Å². The average molecular weight is 338 g/mol. The lowest BCUT2D eigenvalue weighted by molar-refractivity contribution is 0.101. The molecule has 1 heterocycles. The van der Waals surface area contributed by atoms with Gasteiger partial charge in [-0.3, -0.25) is 4.79 Å². The van der Waals surface area contributed by atoms with Crippen molar-refractivity contribution in [2.45, 2.75) is 12.6 Å². The maximum Gasteiger partial charge on any atom is 0.295 e. The van der Waals surface area contributed by atoms with Gasteiger partial charge in [0.1, 0.15) is 12.1 Å². The quantitative estimate of drug-likeness (QED) is 0.720. The van der Waals surface area contributed by atoms with E-state index in [1.807, 2.05) is 30.3 Å². The fraction of sp³-hybridized carbons (Fsp3) is 0.167. The molecule has 0 fully saturated rings. The number of rotatable bonds is 6. The molecule has 1 atom stereocenters. The Morgan fingerprint density at radius 1 is 1.24 bits per heavy atom. The van der Waals surface area contributed by atoms with Crippen LogP contribution < -0.4 is 10.1 Å². The van der Waals surface area contributed by atoms with Crippen molar-refractivity contribution in [2.24, 2.45) is 0 Å². The van der Waals surface area contributed by atoms with E-state index in [2.05, 4.69) is 15.4 Å². The largest absolute Gasteiger partial charge is 0.497 e. The standard InChI is InChI=1S/C18H18N4O3/c1-25-15-9-5-8-14(10-15)20-18(24)17-19-12-22(21-17)11-16(23)13-6-3-2-4-7-13/h2-10,12,16,23H,11H2,1H3,(H,20,24)/t16-/m1/s1. The number of hydrogen-bond donors (Lipinski definition) is 2. The smallest absolute Gasteiger partial charge is 0.295 e. The Bertz CT molecular complexity index is 848. The maximum atomic E-state index is 12.2. The molecule has 7 heteroatoms. The van der Waals surface area contributed by atoms with Gasteiger partial charge in [-0.2, -0.15) is 0 Å². The fourth-order valence-corrected chi connectivity index (χ4v) is 2.33. The molecule has 128 valence electrons. The highest BCUT2D eigenvalue weighted by atomic mass is 16.5. The molecule has 25 heavy (non-hydrogen) atoms. The number of aliphatic hydroxyl groups excluding tert-OH is 1. The Morgan fingerprint density at radius 2 is 2.04 bits per heavy atom. The highest BCUT2D eigenvalue weighted by Gasteiger charge is 2.14. The summed E-state index contributed by atoms with van der Waals surface area (Å²) in [6.07, 6.45) is 0.698. The minimum absolute atomic E-state index is 0.0306. The third kappa shape index (κ3) is 4.21. The maximum absolute atomic E-state index is 12.2. The van der Waals surface area contributed by atoms with Crippen LogP contribution in [0.2, 0.25) is 0 Å². The summed E-state index contributed by atoms with van der Waals surface area (Å²) in [5, 5.41) is 17.0. The van der Waals surface area contributed by atoms with Crippen molar-refractivity contribution in [3.05, 3.63) is 72.3 Å². The van der Waals surface area contributed by atoms with Crippen molar-refractivity contribution < 1.29 is 14.6 Å². The molecule has 0 aliphatic carbocycles. The molecule has 0 unspecified atom stereocenters. The molecular formula is C18H18N4O3. The molecule has 0 spiro atoms. The van der Waals surface area contributed by atoms with E-state index in [1.165, 1.54) is 11.0 Å². The van der Waals surface area contributed by atoms with E-state index in [9.17, 15) is 9.90 Å². The van der Waals surface area contributed by atoms with E-state index in [-0.39, 0.29) is 12.4 Å². The number of benzene rings is 2. The molecule has 0 radical (unpaired) electrons. The Labute approximate surface area is 144 Å². The first-order chi connectivity index (χ1) is 12.2. The lowest BCUT2D eigenvalue weighted by Crippen LogP contribution is -2.15. The molecule has 1 amide bonds. The predicted octanol–water partition coefficient (Wildman–Crippen LogP) is 2.27. The number of amides is 1. The number of anilines is 1. The second-order valence-electron chi connectivity index (χ2n) is 5.40. The predicted molar refractivity (Wildman–Crippen MR) is 92.4 cm³/mol. The number of aliphatic hydroxyl groups is 1. The van der Waals surface area contributed by atoms with Crippen molar-refractivity contribution >= 4 is 11.6 Å². The lowest BCUT2D eigenvalue weighted by Gasteiger charge is -2.10.